The van der Waals surface area contributed by atoms with Crippen LogP contribution in [0, 0.1) is 5.41 Å². The van der Waals surface area contributed by atoms with E-state index < -0.39 is 0 Å². The summed E-state index contributed by atoms with van der Waals surface area (Å²) in [4.78, 5) is 0. The SMILES string of the molecule is CC(C)(C)CCCCCCCCCOC(C)(C)C. The molecule has 0 N–H and O–H groups in total. The average molecular weight is 256 g/mol. The summed E-state index contributed by atoms with van der Waals surface area (Å²) in [5.74, 6) is 0. The quantitative estimate of drug-likeness (QED) is 0.462. The van der Waals surface area contributed by atoms with E-state index in [1.54, 1.807) is 0 Å². The lowest BCUT2D eigenvalue weighted by Crippen LogP contribution is -2.19. The lowest BCUT2D eigenvalue weighted by Gasteiger charge is -2.19. The maximum Gasteiger partial charge on any atom is 0.0598 e. The molecule has 1 nitrogen and oxygen atoms in total. The van der Waals surface area contributed by atoms with E-state index in [1.807, 2.05) is 0 Å². The van der Waals surface area contributed by atoms with Gasteiger partial charge in [0.15, 0.2) is 0 Å². The van der Waals surface area contributed by atoms with Crippen LogP contribution in [0.1, 0.15) is 92.9 Å². The third-order valence-corrected chi connectivity index (χ3v) is 3.11. The Morgan fingerprint density at radius 2 is 1.06 bits per heavy atom. The Morgan fingerprint density at radius 1 is 0.611 bits per heavy atom. The van der Waals surface area contributed by atoms with Gasteiger partial charge in [-0.2, -0.15) is 0 Å². The molecule has 18 heavy (non-hydrogen) atoms. The third-order valence-electron chi connectivity index (χ3n) is 3.11. The Balaban J connectivity index is 3.13. The van der Waals surface area contributed by atoms with Crippen LogP contribution in [0.5, 0.6) is 0 Å². The Bertz CT molecular complexity index is 161. The van der Waals surface area contributed by atoms with E-state index in [-0.39, 0.29) is 5.60 Å². The van der Waals surface area contributed by atoms with Crippen molar-refractivity contribution in [3.05, 3.63) is 0 Å². The minimum atomic E-state index is 0.0347. The van der Waals surface area contributed by atoms with Crippen molar-refractivity contribution in [2.24, 2.45) is 5.41 Å². The van der Waals surface area contributed by atoms with Crippen LogP contribution < -0.4 is 0 Å². The van der Waals surface area contributed by atoms with E-state index >= 15 is 0 Å². The molecule has 0 aliphatic carbocycles. The van der Waals surface area contributed by atoms with Crippen molar-refractivity contribution in [1.29, 1.82) is 0 Å². The van der Waals surface area contributed by atoms with Gasteiger partial charge in [-0.15, -0.1) is 0 Å². The summed E-state index contributed by atoms with van der Waals surface area (Å²) in [5.41, 5.74) is 0.553. The van der Waals surface area contributed by atoms with E-state index in [0.29, 0.717) is 5.41 Å². The number of unbranched alkanes of at least 4 members (excludes halogenated alkanes) is 6. The van der Waals surface area contributed by atoms with Gasteiger partial charge >= 0.3 is 0 Å². The highest BCUT2D eigenvalue weighted by Crippen LogP contribution is 2.22. The van der Waals surface area contributed by atoms with Crippen molar-refractivity contribution in [3.8, 4) is 0 Å². The molecule has 0 fully saturated rings. The molecule has 110 valence electrons. The molecule has 0 atom stereocenters. The van der Waals surface area contributed by atoms with Gasteiger partial charge in [0.25, 0.3) is 0 Å². The zero-order chi connectivity index (χ0) is 14.1. The van der Waals surface area contributed by atoms with E-state index in [2.05, 4.69) is 41.5 Å². The first-order valence-electron chi connectivity index (χ1n) is 7.85. The largest absolute Gasteiger partial charge is 0.376 e. The van der Waals surface area contributed by atoms with Crippen molar-refractivity contribution in [2.45, 2.75) is 98.5 Å². The smallest absolute Gasteiger partial charge is 0.0598 e. The summed E-state index contributed by atoms with van der Waals surface area (Å²) in [6.07, 6.45) is 10.9. The summed E-state index contributed by atoms with van der Waals surface area (Å²) in [5, 5.41) is 0. The number of hydrogen-bond donors (Lipinski definition) is 0. The molecule has 0 rings (SSSR count). The Morgan fingerprint density at radius 3 is 1.50 bits per heavy atom. The summed E-state index contributed by atoms with van der Waals surface area (Å²) in [6.45, 7) is 14.3. The molecule has 0 bridgehead atoms. The van der Waals surface area contributed by atoms with E-state index in [1.165, 1.54) is 51.4 Å². The number of hydrogen-bond acceptors (Lipinski definition) is 1. The van der Waals surface area contributed by atoms with Crippen LogP contribution in [-0.2, 0) is 4.74 Å². The van der Waals surface area contributed by atoms with Crippen molar-refractivity contribution < 1.29 is 4.74 Å². The van der Waals surface area contributed by atoms with Crippen LogP contribution in [-0.4, -0.2) is 12.2 Å². The maximum atomic E-state index is 5.71. The molecule has 0 saturated heterocycles. The zero-order valence-electron chi connectivity index (χ0n) is 13.8. The number of rotatable bonds is 9. The first-order valence-corrected chi connectivity index (χ1v) is 7.85. The molecule has 0 unspecified atom stereocenters. The fourth-order valence-electron chi connectivity index (χ4n) is 2.02. The molecule has 1 heteroatoms. The Labute approximate surface area is 116 Å². The summed E-state index contributed by atoms with van der Waals surface area (Å²) in [7, 11) is 0. The minimum Gasteiger partial charge on any atom is -0.376 e. The normalized spacial score (nSPS) is 13.0. The molecule has 0 radical (unpaired) electrons. The van der Waals surface area contributed by atoms with Crippen LogP contribution in [0.4, 0.5) is 0 Å². The zero-order valence-corrected chi connectivity index (χ0v) is 13.8. The van der Waals surface area contributed by atoms with Crippen LogP contribution in [0.2, 0.25) is 0 Å². The second-order valence-electron chi connectivity index (χ2n) is 7.75. The molecule has 0 aromatic rings. The highest BCUT2D eigenvalue weighted by atomic mass is 16.5. The van der Waals surface area contributed by atoms with Crippen LogP contribution in [0.25, 0.3) is 0 Å². The molecule has 0 spiro atoms. The monoisotopic (exact) mass is 256 g/mol. The van der Waals surface area contributed by atoms with Gasteiger partial charge in [-0.3, -0.25) is 0 Å². The van der Waals surface area contributed by atoms with Gasteiger partial charge in [0.2, 0.25) is 0 Å². The predicted octanol–water partition coefficient (Wildman–Crippen LogP) is 5.97. The van der Waals surface area contributed by atoms with Gasteiger partial charge in [0.1, 0.15) is 0 Å². The fourth-order valence-corrected chi connectivity index (χ4v) is 2.02. The van der Waals surface area contributed by atoms with Crippen LogP contribution >= 0.6 is 0 Å². The van der Waals surface area contributed by atoms with Gasteiger partial charge in [-0.25, -0.2) is 0 Å². The average Bonchev–Trinajstić information content (AvgIpc) is 2.17. The molecule has 0 aromatic heterocycles. The van der Waals surface area contributed by atoms with Gasteiger partial charge in [0.05, 0.1) is 5.60 Å². The number of ether oxygens (including phenoxy) is 1. The fraction of sp³-hybridized carbons (Fsp3) is 1.00. The molecule has 0 saturated carbocycles. The topological polar surface area (TPSA) is 9.23 Å². The van der Waals surface area contributed by atoms with Gasteiger partial charge in [-0.05, 0) is 39.0 Å². The maximum absolute atomic E-state index is 5.71. The summed E-state index contributed by atoms with van der Waals surface area (Å²) >= 11 is 0. The first kappa shape index (κ1) is 18.0. The van der Waals surface area contributed by atoms with Crippen molar-refractivity contribution in [3.63, 3.8) is 0 Å². The lowest BCUT2D eigenvalue weighted by molar-refractivity contribution is -0.00475. The van der Waals surface area contributed by atoms with E-state index in [0.717, 1.165) is 6.61 Å². The van der Waals surface area contributed by atoms with Gasteiger partial charge < -0.3 is 4.74 Å². The first-order chi connectivity index (χ1) is 8.21. The van der Waals surface area contributed by atoms with Crippen molar-refractivity contribution in [1.82, 2.24) is 0 Å². The molecule has 0 heterocycles. The predicted molar refractivity (Wildman–Crippen MR) is 82.1 cm³/mol. The molecule has 0 amide bonds. The van der Waals surface area contributed by atoms with Crippen molar-refractivity contribution in [2.75, 3.05) is 6.61 Å². The van der Waals surface area contributed by atoms with Crippen LogP contribution in [0.15, 0.2) is 0 Å². The molecule has 0 aliphatic heterocycles. The van der Waals surface area contributed by atoms with Gasteiger partial charge in [-0.1, -0.05) is 59.3 Å². The Kier molecular flexibility index (Phi) is 8.94. The second kappa shape index (κ2) is 8.96. The molecular weight excluding hydrogens is 220 g/mol. The molecule has 0 aromatic carbocycles. The summed E-state index contributed by atoms with van der Waals surface area (Å²) < 4.78 is 5.71. The third kappa shape index (κ3) is 16.0. The summed E-state index contributed by atoms with van der Waals surface area (Å²) in [6, 6.07) is 0. The van der Waals surface area contributed by atoms with Crippen LogP contribution in [0.3, 0.4) is 0 Å². The molecular formula is C17H36O. The van der Waals surface area contributed by atoms with E-state index in [4.69, 9.17) is 4.74 Å². The van der Waals surface area contributed by atoms with E-state index in [9.17, 15) is 0 Å². The standard InChI is InChI=1S/C17H36O/c1-16(2,3)14-12-10-8-7-9-11-13-15-18-17(4,5)6/h7-15H2,1-6H3. The highest BCUT2D eigenvalue weighted by molar-refractivity contribution is 4.61. The van der Waals surface area contributed by atoms with Crippen molar-refractivity contribution >= 4 is 0 Å². The molecule has 0 aliphatic rings. The highest BCUT2D eigenvalue weighted by Gasteiger charge is 2.09. The van der Waals surface area contributed by atoms with Gasteiger partial charge in [0, 0.05) is 6.61 Å². The Hall–Kier alpha value is -0.0400. The second-order valence-corrected chi connectivity index (χ2v) is 7.75. The minimum absolute atomic E-state index is 0.0347. The lowest BCUT2D eigenvalue weighted by atomic mass is 9.89.